The first kappa shape index (κ1) is 14.2. The van der Waals surface area contributed by atoms with Crippen LogP contribution < -0.4 is 10.2 Å². The first-order valence-corrected chi connectivity index (χ1v) is 5.88. The van der Waals surface area contributed by atoms with Gasteiger partial charge in [0.25, 0.3) is 6.20 Å². The number of nitrogens with one attached hydrogen (secondary N) is 1. The van der Waals surface area contributed by atoms with E-state index in [1.165, 1.54) is 0 Å². The minimum absolute atomic E-state index is 0.388. The van der Waals surface area contributed by atoms with Gasteiger partial charge >= 0.3 is 0 Å². The molecule has 0 spiro atoms. The van der Waals surface area contributed by atoms with Gasteiger partial charge in [-0.05, 0) is 18.6 Å². The summed E-state index contributed by atoms with van der Waals surface area (Å²) in [6.45, 7) is 2.64. The van der Waals surface area contributed by atoms with E-state index in [2.05, 4.69) is 10.3 Å². The highest BCUT2D eigenvalue weighted by molar-refractivity contribution is 6.29. The molecule has 1 rings (SSSR count). The van der Waals surface area contributed by atoms with Crippen LogP contribution in [0.1, 0.15) is 13.3 Å². The van der Waals surface area contributed by atoms with Crippen LogP contribution in [0.3, 0.4) is 0 Å². The van der Waals surface area contributed by atoms with Crippen molar-refractivity contribution in [2.24, 2.45) is 0 Å². The van der Waals surface area contributed by atoms with Gasteiger partial charge in [0.1, 0.15) is 5.15 Å². The molecule has 1 heterocycles. The summed E-state index contributed by atoms with van der Waals surface area (Å²) in [4.78, 5) is 15.9. The molecule has 0 bridgehead atoms. The highest BCUT2D eigenvalue weighted by Gasteiger charge is 2.13. The molecule has 6 nitrogen and oxygen atoms in total. The SMILES string of the molecule is CCCN(C(=C[N+](=O)[O-])NC)c1ccc(Cl)nc1. The largest absolute Gasteiger partial charge is 0.369 e. The fourth-order valence-corrected chi connectivity index (χ4v) is 1.62. The van der Waals surface area contributed by atoms with Gasteiger partial charge in [-0.1, -0.05) is 18.5 Å². The van der Waals surface area contributed by atoms with Gasteiger partial charge in [0, 0.05) is 13.6 Å². The molecule has 18 heavy (non-hydrogen) atoms. The van der Waals surface area contributed by atoms with E-state index >= 15 is 0 Å². The van der Waals surface area contributed by atoms with Gasteiger partial charge in [-0.3, -0.25) is 10.1 Å². The lowest BCUT2D eigenvalue weighted by Crippen LogP contribution is -2.31. The third kappa shape index (κ3) is 3.89. The topological polar surface area (TPSA) is 71.3 Å². The van der Waals surface area contributed by atoms with Crippen molar-refractivity contribution in [3.63, 3.8) is 0 Å². The van der Waals surface area contributed by atoms with Crippen LogP contribution in [0.5, 0.6) is 0 Å². The van der Waals surface area contributed by atoms with Crippen LogP contribution in [0.15, 0.2) is 30.4 Å². The highest BCUT2D eigenvalue weighted by Crippen LogP contribution is 2.19. The molecule has 0 saturated carbocycles. The second-order valence-corrected chi connectivity index (χ2v) is 3.93. The molecule has 0 fully saturated rings. The molecule has 0 aliphatic rings. The molecule has 1 N–H and O–H groups in total. The zero-order valence-electron chi connectivity index (χ0n) is 10.3. The first-order valence-electron chi connectivity index (χ1n) is 5.50. The Morgan fingerprint density at radius 3 is 2.83 bits per heavy atom. The average molecular weight is 271 g/mol. The number of hydrogen-bond donors (Lipinski definition) is 1. The molecular weight excluding hydrogens is 256 g/mol. The summed E-state index contributed by atoms with van der Waals surface area (Å²) >= 11 is 5.72. The van der Waals surface area contributed by atoms with Crippen molar-refractivity contribution in [2.75, 3.05) is 18.5 Å². The van der Waals surface area contributed by atoms with Gasteiger partial charge in [-0.2, -0.15) is 0 Å². The molecule has 98 valence electrons. The monoisotopic (exact) mass is 270 g/mol. The Morgan fingerprint density at radius 1 is 1.67 bits per heavy atom. The molecule has 0 saturated heterocycles. The maximum Gasteiger partial charge on any atom is 0.274 e. The van der Waals surface area contributed by atoms with Gasteiger partial charge in [0.2, 0.25) is 0 Å². The molecular formula is C11H15ClN4O2. The van der Waals surface area contributed by atoms with Crippen LogP contribution in [0.25, 0.3) is 0 Å². The fraction of sp³-hybridized carbons (Fsp3) is 0.364. The molecule has 7 heteroatoms. The number of pyridine rings is 1. The molecule has 1 aromatic rings. The molecule has 0 unspecified atom stereocenters. The average Bonchev–Trinajstić information content (AvgIpc) is 2.34. The maximum absolute atomic E-state index is 10.6. The molecule has 0 atom stereocenters. The summed E-state index contributed by atoms with van der Waals surface area (Å²) in [7, 11) is 1.64. The smallest absolute Gasteiger partial charge is 0.274 e. The first-order chi connectivity index (χ1) is 8.58. The minimum Gasteiger partial charge on any atom is -0.369 e. The number of aromatic nitrogens is 1. The summed E-state index contributed by atoms with van der Waals surface area (Å²) in [5.74, 6) is 0.408. The summed E-state index contributed by atoms with van der Waals surface area (Å²) in [6, 6.07) is 3.43. The van der Waals surface area contributed by atoms with Gasteiger partial charge in [-0.25, -0.2) is 4.98 Å². The predicted octanol–water partition coefficient (Wildman–Crippen LogP) is 2.25. The van der Waals surface area contributed by atoms with Crippen LogP contribution in [0, 0.1) is 10.1 Å². The third-order valence-corrected chi connectivity index (χ3v) is 2.47. The van der Waals surface area contributed by atoms with Crippen molar-refractivity contribution in [3.8, 4) is 0 Å². The van der Waals surface area contributed by atoms with E-state index in [9.17, 15) is 10.1 Å². The Balaban J connectivity index is 3.07. The van der Waals surface area contributed by atoms with Crippen LogP contribution in [0.2, 0.25) is 5.15 Å². The maximum atomic E-state index is 10.6. The number of anilines is 1. The fourth-order valence-electron chi connectivity index (χ4n) is 1.51. The van der Waals surface area contributed by atoms with Gasteiger partial charge in [-0.15, -0.1) is 0 Å². The predicted molar refractivity (Wildman–Crippen MR) is 71.0 cm³/mol. The van der Waals surface area contributed by atoms with Crippen LogP contribution in [0.4, 0.5) is 5.69 Å². The number of rotatable bonds is 6. The van der Waals surface area contributed by atoms with Crippen LogP contribution >= 0.6 is 11.6 Å². The highest BCUT2D eigenvalue weighted by atomic mass is 35.5. The van der Waals surface area contributed by atoms with E-state index in [1.807, 2.05) is 6.92 Å². The zero-order valence-corrected chi connectivity index (χ0v) is 11.0. The number of nitro groups is 1. The Hall–Kier alpha value is -1.82. The second kappa shape index (κ2) is 6.80. The Bertz CT molecular complexity index is 433. The van der Waals surface area contributed by atoms with E-state index in [0.29, 0.717) is 17.5 Å². The zero-order chi connectivity index (χ0) is 13.5. The van der Waals surface area contributed by atoms with E-state index < -0.39 is 4.92 Å². The lowest BCUT2D eigenvalue weighted by atomic mass is 10.3. The van der Waals surface area contributed by atoms with Crippen molar-refractivity contribution in [3.05, 3.63) is 45.6 Å². The molecule has 0 aliphatic carbocycles. The quantitative estimate of drug-likeness (QED) is 0.488. The normalized spacial score (nSPS) is 11.2. The van der Waals surface area contributed by atoms with E-state index in [0.717, 1.165) is 18.3 Å². The summed E-state index contributed by atoms with van der Waals surface area (Å²) in [5.41, 5.74) is 0.753. The summed E-state index contributed by atoms with van der Waals surface area (Å²) < 4.78 is 0. The van der Waals surface area contributed by atoms with E-state index in [1.54, 1.807) is 30.3 Å². The Kier molecular flexibility index (Phi) is 5.38. The number of nitrogens with zero attached hydrogens (tertiary/aromatic N) is 3. The molecule has 1 aromatic heterocycles. The van der Waals surface area contributed by atoms with Crippen molar-refractivity contribution in [2.45, 2.75) is 13.3 Å². The number of halogens is 1. The standard InChI is InChI=1S/C11H15ClN4O2/c1-3-6-15(11(13-2)8-16(17)18)9-4-5-10(12)14-7-9/h4-5,7-8,13H,3,6H2,1-2H3. The van der Waals surface area contributed by atoms with Gasteiger partial charge < -0.3 is 10.2 Å². The lowest BCUT2D eigenvalue weighted by Gasteiger charge is -2.24. The van der Waals surface area contributed by atoms with Gasteiger partial charge in [0.05, 0.1) is 16.8 Å². The number of hydrogen-bond acceptors (Lipinski definition) is 5. The van der Waals surface area contributed by atoms with Crippen molar-refractivity contribution < 1.29 is 4.92 Å². The van der Waals surface area contributed by atoms with E-state index in [4.69, 9.17) is 11.6 Å². The molecule has 0 radical (unpaired) electrons. The van der Waals surface area contributed by atoms with E-state index in [-0.39, 0.29) is 0 Å². The van der Waals surface area contributed by atoms with Crippen molar-refractivity contribution >= 4 is 17.3 Å². The van der Waals surface area contributed by atoms with Crippen LogP contribution in [-0.2, 0) is 0 Å². The Morgan fingerprint density at radius 2 is 2.39 bits per heavy atom. The van der Waals surface area contributed by atoms with Crippen molar-refractivity contribution in [1.82, 2.24) is 10.3 Å². The minimum atomic E-state index is -0.488. The molecule has 0 aromatic carbocycles. The molecule has 0 amide bonds. The summed E-state index contributed by atoms with van der Waals surface area (Å²) in [6.07, 6.45) is 3.37. The summed E-state index contributed by atoms with van der Waals surface area (Å²) in [5, 5.41) is 13.8. The Labute approximate surface area is 110 Å². The van der Waals surface area contributed by atoms with Crippen molar-refractivity contribution in [1.29, 1.82) is 0 Å². The lowest BCUT2D eigenvalue weighted by molar-refractivity contribution is -0.403. The second-order valence-electron chi connectivity index (χ2n) is 3.54. The third-order valence-electron chi connectivity index (χ3n) is 2.25. The van der Waals surface area contributed by atoms with Crippen LogP contribution in [-0.4, -0.2) is 23.5 Å². The molecule has 0 aliphatic heterocycles. The van der Waals surface area contributed by atoms with Gasteiger partial charge in [0.15, 0.2) is 5.82 Å².